The van der Waals surface area contributed by atoms with Gasteiger partial charge in [-0.1, -0.05) is 0 Å². The van der Waals surface area contributed by atoms with Gasteiger partial charge in [0.25, 0.3) is 0 Å². The normalized spacial score (nSPS) is 10.9. The summed E-state index contributed by atoms with van der Waals surface area (Å²) in [6.45, 7) is 0. The number of hydrogen-bond donors (Lipinski definition) is 2. The Bertz CT molecular complexity index is 489. The zero-order valence-electron chi connectivity index (χ0n) is 9.17. The first-order valence-electron chi connectivity index (χ1n) is 4.61. The molecule has 0 aliphatic rings. The fourth-order valence-electron chi connectivity index (χ4n) is 1.24. The minimum atomic E-state index is -4.53. The average Bonchev–Trinajstić information content (AvgIpc) is 2.26. The molecule has 1 aromatic rings. The molecule has 8 heteroatoms. The number of hydrogen-bond acceptors (Lipinski definition) is 3. The quantitative estimate of drug-likeness (QED) is 0.641. The van der Waals surface area contributed by atoms with Gasteiger partial charge in [-0.25, -0.2) is 4.79 Å². The number of rotatable bonds is 2. The highest BCUT2D eigenvalue weighted by Gasteiger charge is 2.31. The molecule has 0 bridgehead atoms. The number of carbonyl (C=O) groups is 1. The maximum atomic E-state index is 12.5. The molecule has 0 saturated heterocycles. The van der Waals surface area contributed by atoms with Crippen molar-refractivity contribution in [2.45, 2.75) is 6.18 Å². The van der Waals surface area contributed by atoms with Crippen LogP contribution in [0.5, 0.6) is 0 Å². The highest BCUT2D eigenvalue weighted by Crippen LogP contribution is 2.32. The SMILES string of the molecule is COC(=O)c1ccc(C(F)(F)F)cc1NC(N)=S. The standard InChI is InChI=1S/C10H9F3N2O2S/c1-17-8(16)6-3-2-5(10(11,12)13)4-7(6)15-9(14)18/h2-4H,1H3,(H3,14,15,18). The smallest absolute Gasteiger partial charge is 0.416 e. The fraction of sp³-hybridized carbons (Fsp3) is 0.200. The molecule has 3 N–H and O–H groups in total. The summed E-state index contributed by atoms with van der Waals surface area (Å²) in [5.41, 5.74) is 4.02. The molecule has 0 aliphatic carbocycles. The van der Waals surface area contributed by atoms with Crippen LogP contribution in [0, 0.1) is 0 Å². The average molecular weight is 278 g/mol. The van der Waals surface area contributed by atoms with E-state index in [1.54, 1.807) is 0 Å². The van der Waals surface area contributed by atoms with Gasteiger partial charge in [0.2, 0.25) is 0 Å². The Balaban J connectivity index is 3.29. The molecule has 0 aromatic heterocycles. The molecule has 0 aliphatic heterocycles. The highest BCUT2D eigenvalue weighted by atomic mass is 32.1. The van der Waals surface area contributed by atoms with E-state index in [2.05, 4.69) is 22.3 Å². The van der Waals surface area contributed by atoms with Gasteiger partial charge in [0.1, 0.15) is 0 Å². The van der Waals surface area contributed by atoms with Crippen molar-refractivity contribution in [1.29, 1.82) is 0 Å². The predicted molar refractivity (Wildman–Crippen MR) is 63.2 cm³/mol. The van der Waals surface area contributed by atoms with Crippen molar-refractivity contribution in [3.8, 4) is 0 Å². The third-order valence-corrected chi connectivity index (χ3v) is 2.11. The van der Waals surface area contributed by atoms with Gasteiger partial charge in [-0.05, 0) is 30.4 Å². The number of carbonyl (C=O) groups excluding carboxylic acids is 1. The van der Waals surface area contributed by atoms with E-state index in [9.17, 15) is 18.0 Å². The molecular formula is C10H9F3N2O2S. The molecule has 0 unspecified atom stereocenters. The lowest BCUT2D eigenvalue weighted by Gasteiger charge is -2.13. The Kier molecular flexibility index (Phi) is 4.12. The molecule has 1 aromatic carbocycles. The zero-order valence-corrected chi connectivity index (χ0v) is 9.98. The topological polar surface area (TPSA) is 64.3 Å². The maximum absolute atomic E-state index is 12.5. The van der Waals surface area contributed by atoms with E-state index in [1.807, 2.05) is 0 Å². The predicted octanol–water partition coefficient (Wildman–Crippen LogP) is 2.15. The largest absolute Gasteiger partial charge is 0.465 e. The van der Waals surface area contributed by atoms with Gasteiger partial charge in [0, 0.05) is 0 Å². The van der Waals surface area contributed by atoms with Gasteiger partial charge in [-0.3, -0.25) is 0 Å². The lowest BCUT2D eigenvalue weighted by atomic mass is 10.1. The van der Waals surface area contributed by atoms with E-state index in [1.165, 1.54) is 0 Å². The van der Waals surface area contributed by atoms with Gasteiger partial charge in [0.05, 0.1) is 23.9 Å². The van der Waals surface area contributed by atoms with Crippen LogP contribution in [0.15, 0.2) is 18.2 Å². The molecule has 4 nitrogen and oxygen atoms in total. The summed E-state index contributed by atoms with van der Waals surface area (Å²) >= 11 is 4.53. The number of ether oxygens (including phenoxy) is 1. The number of alkyl halides is 3. The van der Waals surface area contributed by atoms with Gasteiger partial charge >= 0.3 is 12.1 Å². The van der Waals surface area contributed by atoms with Crippen LogP contribution >= 0.6 is 12.2 Å². The highest BCUT2D eigenvalue weighted by molar-refractivity contribution is 7.80. The van der Waals surface area contributed by atoms with Crippen LogP contribution in [0.2, 0.25) is 0 Å². The van der Waals surface area contributed by atoms with E-state index < -0.39 is 17.7 Å². The molecular weight excluding hydrogens is 269 g/mol. The summed E-state index contributed by atoms with van der Waals surface area (Å²) in [7, 11) is 1.12. The molecule has 0 atom stereocenters. The van der Waals surface area contributed by atoms with E-state index in [0.29, 0.717) is 0 Å². The second kappa shape index (κ2) is 5.21. The Labute approximate surface area is 106 Å². The van der Waals surface area contributed by atoms with Crippen LogP contribution in [-0.2, 0) is 10.9 Å². The first kappa shape index (κ1) is 14.2. The summed E-state index contributed by atoms with van der Waals surface area (Å²) in [5.74, 6) is -0.789. The van der Waals surface area contributed by atoms with Crippen molar-refractivity contribution in [1.82, 2.24) is 0 Å². The van der Waals surface area contributed by atoms with Gasteiger partial charge in [0.15, 0.2) is 5.11 Å². The lowest BCUT2D eigenvalue weighted by molar-refractivity contribution is -0.137. The number of esters is 1. The zero-order chi connectivity index (χ0) is 13.9. The van der Waals surface area contributed by atoms with E-state index in [-0.39, 0.29) is 16.4 Å². The molecule has 0 saturated carbocycles. The number of anilines is 1. The third kappa shape index (κ3) is 3.33. The maximum Gasteiger partial charge on any atom is 0.416 e. The molecule has 0 amide bonds. The van der Waals surface area contributed by atoms with Gasteiger partial charge in [-0.15, -0.1) is 0 Å². The number of nitrogens with one attached hydrogen (secondary N) is 1. The van der Waals surface area contributed by atoms with Crippen molar-refractivity contribution in [3.63, 3.8) is 0 Å². The molecule has 18 heavy (non-hydrogen) atoms. The van der Waals surface area contributed by atoms with Crippen LogP contribution < -0.4 is 11.1 Å². The van der Waals surface area contributed by atoms with Crippen LogP contribution in [0.25, 0.3) is 0 Å². The Hall–Kier alpha value is -1.83. The minimum Gasteiger partial charge on any atom is -0.465 e. The van der Waals surface area contributed by atoms with Gasteiger partial charge in [-0.2, -0.15) is 13.2 Å². The monoisotopic (exact) mass is 278 g/mol. The van der Waals surface area contributed by atoms with E-state index >= 15 is 0 Å². The summed E-state index contributed by atoms with van der Waals surface area (Å²) < 4.78 is 42.0. The Morgan fingerprint density at radius 3 is 2.50 bits per heavy atom. The second-order valence-corrected chi connectivity index (χ2v) is 3.68. The van der Waals surface area contributed by atoms with Crippen LogP contribution in [0.4, 0.5) is 18.9 Å². The molecule has 0 fully saturated rings. The number of benzene rings is 1. The van der Waals surface area contributed by atoms with Crippen molar-refractivity contribution in [2.75, 3.05) is 12.4 Å². The number of methoxy groups -OCH3 is 1. The molecule has 0 spiro atoms. The van der Waals surface area contributed by atoms with Crippen molar-refractivity contribution >= 4 is 29.0 Å². The third-order valence-electron chi connectivity index (χ3n) is 2.01. The van der Waals surface area contributed by atoms with Crippen LogP contribution in [-0.4, -0.2) is 18.2 Å². The first-order valence-corrected chi connectivity index (χ1v) is 5.02. The molecule has 1 rings (SSSR count). The first-order chi connectivity index (χ1) is 8.25. The van der Waals surface area contributed by atoms with Crippen molar-refractivity contribution < 1.29 is 22.7 Å². The number of nitrogens with two attached hydrogens (primary N) is 1. The molecule has 98 valence electrons. The fourth-order valence-corrected chi connectivity index (χ4v) is 1.35. The van der Waals surface area contributed by atoms with Crippen molar-refractivity contribution in [3.05, 3.63) is 29.3 Å². The summed E-state index contributed by atoms with van der Waals surface area (Å²) in [6.07, 6.45) is -4.53. The van der Waals surface area contributed by atoms with Crippen LogP contribution in [0.3, 0.4) is 0 Å². The minimum absolute atomic E-state index is 0.0849. The van der Waals surface area contributed by atoms with E-state index in [0.717, 1.165) is 25.3 Å². The van der Waals surface area contributed by atoms with Crippen molar-refractivity contribution in [2.24, 2.45) is 5.73 Å². The number of halogens is 3. The Morgan fingerprint density at radius 1 is 1.44 bits per heavy atom. The molecule has 0 heterocycles. The molecule has 0 radical (unpaired) electrons. The van der Waals surface area contributed by atoms with Crippen LogP contribution in [0.1, 0.15) is 15.9 Å². The summed E-state index contributed by atoms with van der Waals surface area (Å²) in [4.78, 5) is 11.3. The van der Waals surface area contributed by atoms with Gasteiger partial charge < -0.3 is 15.8 Å². The summed E-state index contributed by atoms with van der Waals surface area (Å²) in [6, 6.07) is 2.51. The lowest BCUT2D eigenvalue weighted by Crippen LogP contribution is -2.21. The number of thiocarbonyl (C=S) groups is 1. The second-order valence-electron chi connectivity index (χ2n) is 3.24. The Morgan fingerprint density at radius 2 is 2.06 bits per heavy atom. The summed E-state index contributed by atoms with van der Waals surface area (Å²) in [5, 5.41) is 2.06. The van der Waals surface area contributed by atoms with E-state index in [4.69, 9.17) is 5.73 Å².